The SMILES string of the molecule is O=C1N[C@@H]2C[C@@H](C(=O)N3CCN(C(=O)c4ccccc4)C[C@H]3COc3ncccc31)N(CC1CCCCC1)C2. The molecular formula is C30H37N5O4. The molecule has 1 saturated carbocycles. The highest BCUT2D eigenvalue weighted by Crippen LogP contribution is 2.30. The van der Waals surface area contributed by atoms with E-state index < -0.39 is 0 Å². The summed E-state index contributed by atoms with van der Waals surface area (Å²) in [6.45, 7) is 2.99. The van der Waals surface area contributed by atoms with Gasteiger partial charge in [-0.15, -0.1) is 0 Å². The van der Waals surface area contributed by atoms with Crippen molar-refractivity contribution in [2.75, 3.05) is 39.3 Å². The van der Waals surface area contributed by atoms with Crippen LogP contribution in [0.2, 0.25) is 0 Å². The van der Waals surface area contributed by atoms with Gasteiger partial charge in [0.1, 0.15) is 12.2 Å². The first-order valence-electron chi connectivity index (χ1n) is 14.3. The van der Waals surface area contributed by atoms with Crippen molar-refractivity contribution in [3.8, 4) is 5.88 Å². The van der Waals surface area contributed by atoms with E-state index >= 15 is 0 Å². The fourth-order valence-corrected chi connectivity index (χ4v) is 6.71. The highest BCUT2D eigenvalue weighted by molar-refractivity contribution is 5.97. The van der Waals surface area contributed by atoms with Gasteiger partial charge in [-0.2, -0.15) is 0 Å². The van der Waals surface area contributed by atoms with E-state index in [0.717, 1.165) is 6.54 Å². The lowest BCUT2D eigenvalue weighted by Gasteiger charge is -2.43. The third-order valence-electron chi connectivity index (χ3n) is 8.74. The number of nitrogens with one attached hydrogen (secondary N) is 1. The van der Waals surface area contributed by atoms with Crippen LogP contribution in [0.5, 0.6) is 5.88 Å². The maximum atomic E-state index is 14.2. The Kier molecular flexibility index (Phi) is 7.50. The molecule has 1 aromatic carbocycles. The van der Waals surface area contributed by atoms with Crippen LogP contribution in [0.25, 0.3) is 0 Å². The molecule has 3 aliphatic heterocycles. The van der Waals surface area contributed by atoms with E-state index in [-0.39, 0.29) is 48.3 Å². The largest absolute Gasteiger partial charge is 0.475 e. The minimum absolute atomic E-state index is 0.0495. The number of nitrogens with zero attached hydrogens (tertiary/aromatic N) is 4. The minimum Gasteiger partial charge on any atom is -0.475 e. The molecule has 1 aromatic heterocycles. The number of likely N-dealkylation sites (tertiary alicyclic amines) is 1. The molecule has 206 valence electrons. The number of piperazine rings is 1. The summed E-state index contributed by atoms with van der Waals surface area (Å²) in [5.74, 6) is 0.638. The van der Waals surface area contributed by atoms with Crippen LogP contribution >= 0.6 is 0 Å². The predicted octanol–water partition coefficient (Wildman–Crippen LogP) is 2.58. The van der Waals surface area contributed by atoms with Gasteiger partial charge in [0.2, 0.25) is 11.8 Å². The number of hydrogen-bond acceptors (Lipinski definition) is 6. The van der Waals surface area contributed by atoms with Crippen LogP contribution < -0.4 is 10.1 Å². The zero-order chi connectivity index (χ0) is 26.8. The number of fused-ring (bicyclic) bond motifs is 4. The molecule has 3 atom stereocenters. The number of rotatable bonds is 3. The number of benzene rings is 1. The lowest BCUT2D eigenvalue weighted by molar-refractivity contribution is -0.141. The third-order valence-corrected chi connectivity index (χ3v) is 8.74. The fraction of sp³-hybridized carbons (Fsp3) is 0.533. The number of amides is 3. The van der Waals surface area contributed by atoms with E-state index in [1.165, 1.54) is 32.1 Å². The molecule has 0 radical (unpaired) electrons. The summed E-state index contributed by atoms with van der Waals surface area (Å²) in [6, 6.07) is 12.0. The van der Waals surface area contributed by atoms with Crippen molar-refractivity contribution in [3.05, 3.63) is 59.8 Å². The fourth-order valence-electron chi connectivity index (χ4n) is 6.71. The number of carbonyl (C=O) groups is 3. The Bertz CT molecular complexity index is 1200. The van der Waals surface area contributed by atoms with Crippen LogP contribution in [-0.4, -0.2) is 94.9 Å². The van der Waals surface area contributed by atoms with Crippen LogP contribution in [0.1, 0.15) is 59.2 Å². The van der Waals surface area contributed by atoms with E-state index in [0.29, 0.717) is 49.6 Å². The molecule has 2 bridgehead atoms. The molecule has 2 saturated heterocycles. The molecule has 4 heterocycles. The highest BCUT2D eigenvalue weighted by atomic mass is 16.5. The van der Waals surface area contributed by atoms with Gasteiger partial charge in [-0.3, -0.25) is 19.3 Å². The van der Waals surface area contributed by atoms with Crippen molar-refractivity contribution in [2.45, 2.75) is 56.7 Å². The summed E-state index contributed by atoms with van der Waals surface area (Å²) in [7, 11) is 0. The Morgan fingerprint density at radius 2 is 1.82 bits per heavy atom. The lowest BCUT2D eigenvalue weighted by Crippen LogP contribution is -2.61. The van der Waals surface area contributed by atoms with Crippen molar-refractivity contribution in [3.63, 3.8) is 0 Å². The molecule has 4 aliphatic rings. The summed E-state index contributed by atoms with van der Waals surface area (Å²) >= 11 is 0. The maximum absolute atomic E-state index is 14.2. The standard InChI is InChI=1S/C30H37N5O4/c36-27-25-12-7-13-31-28(25)39-20-24-19-33(29(37)22-10-5-2-6-11-22)14-15-35(24)30(38)26-16-23(32-27)18-34(26)17-21-8-3-1-4-9-21/h2,5-7,10-13,21,23-24,26H,1,3-4,8-9,14-20H2,(H,32,36)/t23-,24+,26+/m1/s1. The van der Waals surface area contributed by atoms with E-state index in [4.69, 9.17) is 4.74 Å². The average Bonchev–Trinajstić information content (AvgIpc) is 3.37. The van der Waals surface area contributed by atoms with Crippen molar-refractivity contribution in [2.24, 2.45) is 5.92 Å². The summed E-state index contributed by atoms with van der Waals surface area (Å²) in [5, 5.41) is 3.16. The molecule has 0 unspecified atom stereocenters. The quantitative estimate of drug-likeness (QED) is 0.654. The maximum Gasteiger partial charge on any atom is 0.257 e. The Balaban J connectivity index is 1.29. The second-order valence-corrected chi connectivity index (χ2v) is 11.3. The Hall–Kier alpha value is -3.46. The Labute approximate surface area is 229 Å². The number of aromatic nitrogens is 1. The molecule has 3 fully saturated rings. The Morgan fingerprint density at radius 1 is 1.00 bits per heavy atom. The van der Waals surface area contributed by atoms with Crippen LogP contribution in [0.15, 0.2) is 48.7 Å². The van der Waals surface area contributed by atoms with Crippen molar-refractivity contribution in [1.29, 1.82) is 0 Å². The van der Waals surface area contributed by atoms with Gasteiger partial charge in [-0.1, -0.05) is 37.5 Å². The van der Waals surface area contributed by atoms with Crippen LogP contribution in [0, 0.1) is 5.92 Å². The second-order valence-electron chi connectivity index (χ2n) is 11.3. The highest BCUT2D eigenvalue weighted by Gasteiger charge is 2.44. The molecule has 39 heavy (non-hydrogen) atoms. The molecule has 9 heteroatoms. The zero-order valence-electron chi connectivity index (χ0n) is 22.3. The van der Waals surface area contributed by atoms with Gasteiger partial charge >= 0.3 is 0 Å². The molecule has 2 aromatic rings. The first-order chi connectivity index (χ1) is 19.1. The summed E-state index contributed by atoms with van der Waals surface area (Å²) < 4.78 is 6.10. The van der Waals surface area contributed by atoms with Crippen LogP contribution in [-0.2, 0) is 4.79 Å². The first kappa shape index (κ1) is 25.8. The van der Waals surface area contributed by atoms with Crippen molar-refractivity contribution in [1.82, 2.24) is 25.0 Å². The molecular weight excluding hydrogens is 494 g/mol. The van der Waals surface area contributed by atoms with Crippen LogP contribution in [0.3, 0.4) is 0 Å². The molecule has 3 amide bonds. The Morgan fingerprint density at radius 3 is 2.64 bits per heavy atom. The van der Waals surface area contributed by atoms with Gasteiger partial charge in [-0.05, 0) is 49.4 Å². The number of pyridine rings is 1. The second kappa shape index (κ2) is 11.3. The molecule has 6 rings (SSSR count). The van der Waals surface area contributed by atoms with Crippen molar-refractivity contribution < 1.29 is 19.1 Å². The van der Waals surface area contributed by atoms with E-state index in [1.807, 2.05) is 40.1 Å². The number of ether oxygens (including phenoxy) is 1. The zero-order valence-corrected chi connectivity index (χ0v) is 22.3. The molecule has 9 nitrogen and oxygen atoms in total. The van der Waals surface area contributed by atoms with Gasteiger partial charge in [0.15, 0.2) is 0 Å². The topological polar surface area (TPSA) is 95.1 Å². The van der Waals surface area contributed by atoms with Gasteiger partial charge in [0.25, 0.3) is 11.8 Å². The normalized spacial score (nSPS) is 26.5. The van der Waals surface area contributed by atoms with E-state index in [9.17, 15) is 14.4 Å². The minimum atomic E-state index is -0.341. The van der Waals surface area contributed by atoms with Gasteiger partial charge in [-0.25, -0.2) is 4.98 Å². The van der Waals surface area contributed by atoms with E-state index in [2.05, 4.69) is 15.2 Å². The van der Waals surface area contributed by atoms with Crippen LogP contribution in [0.4, 0.5) is 0 Å². The number of hydrogen-bond donors (Lipinski definition) is 1. The summed E-state index contributed by atoms with van der Waals surface area (Å²) in [5.41, 5.74) is 1.03. The predicted molar refractivity (Wildman–Crippen MR) is 145 cm³/mol. The summed E-state index contributed by atoms with van der Waals surface area (Å²) in [6.07, 6.45) is 8.37. The molecule has 1 N–H and O–H groups in total. The van der Waals surface area contributed by atoms with E-state index in [1.54, 1.807) is 18.3 Å². The lowest BCUT2D eigenvalue weighted by atomic mass is 9.89. The van der Waals surface area contributed by atoms with Gasteiger partial charge in [0, 0.05) is 50.5 Å². The van der Waals surface area contributed by atoms with Crippen molar-refractivity contribution >= 4 is 17.7 Å². The first-order valence-corrected chi connectivity index (χ1v) is 14.3. The molecule has 1 aliphatic carbocycles. The monoisotopic (exact) mass is 531 g/mol. The summed E-state index contributed by atoms with van der Waals surface area (Å²) in [4.78, 5) is 51.1. The average molecular weight is 532 g/mol. The number of carbonyl (C=O) groups excluding carboxylic acids is 3. The van der Waals surface area contributed by atoms with Gasteiger partial charge in [0.05, 0.1) is 12.1 Å². The third kappa shape index (κ3) is 5.50. The molecule has 0 spiro atoms. The van der Waals surface area contributed by atoms with Gasteiger partial charge < -0.3 is 19.9 Å². The smallest absolute Gasteiger partial charge is 0.257 e.